The van der Waals surface area contributed by atoms with E-state index in [0.717, 1.165) is 57.8 Å². The van der Waals surface area contributed by atoms with Crippen LogP contribution in [0.3, 0.4) is 0 Å². The van der Waals surface area contributed by atoms with Gasteiger partial charge in [-0.15, -0.1) is 0 Å². The van der Waals surface area contributed by atoms with Crippen LogP contribution in [0.5, 0.6) is 0 Å². The Balaban J connectivity index is 1.62. The topological polar surface area (TPSA) is 80.9 Å². The molecule has 4 saturated carbocycles. The van der Waals surface area contributed by atoms with Crippen molar-refractivity contribution in [1.29, 1.82) is 0 Å². The van der Waals surface area contributed by atoms with E-state index in [2.05, 4.69) is 20.8 Å². The SMILES string of the molecule is CC(CCCO)C1CCC2C3C(C[C@@H](O)C12C)C1(C)CC[C@H](O)C[C@H]1C[C@@H]3O. The maximum atomic E-state index is 11.5. The number of hydrogen-bond acceptors (Lipinski definition) is 4. The van der Waals surface area contributed by atoms with E-state index in [1.165, 1.54) is 0 Å². The third kappa shape index (κ3) is 3.01. The molecule has 0 saturated heterocycles. The lowest BCUT2D eigenvalue weighted by molar-refractivity contribution is -0.207. The first-order valence-corrected chi connectivity index (χ1v) is 11.9. The molecule has 0 aromatic heterocycles. The van der Waals surface area contributed by atoms with Gasteiger partial charge in [0.05, 0.1) is 18.3 Å². The fraction of sp³-hybridized carbons (Fsp3) is 1.00. The van der Waals surface area contributed by atoms with Crippen LogP contribution in [-0.2, 0) is 0 Å². The second-order valence-corrected chi connectivity index (χ2v) is 11.4. The molecule has 4 heteroatoms. The van der Waals surface area contributed by atoms with Crippen molar-refractivity contribution in [3.05, 3.63) is 0 Å². The van der Waals surface area contributed by atoms with Gasteiger partial charge in [0.25, 0.3) is 0 Å². The van der Waals surface area contributed by atoms with Crippen molar-refractivity contribution in [2.75, 3.05) is 6.61 Å². The van der Waals surface area contributed by atoms with Crippen LogP contribution in [0.2, 0.25) is 0 Å². The van der Waals surface area contributed by atoms with Gasteiger partial charge in [-0.2, -0.15) is 0 Å². The first-order valence-electron chi connectivity index (χ1n) is 11.9. The predicted molar refractivity (Wildman–Crippen MR) is 109 cm³/mol. The van der Waals surface area contributed by atoms with Crippen LogP contribution in [0, 0.1) is 46.3 Å². The highest BCUT2D eigenvalue weighted by Gasteiger charge is 2.65. The highest BCUT2D eigenvalue weighted by Crippen LogP contribution is 2.68. The summed E-state index contributed by atoms with van der Waals surface area (Å²) in [5.74, 6) is 2.41. The summed E-state index contributed by atoms with van der Waals surface area (Å²) in [7, 11) is 0. The number of aliphatic hydroxyl groups excluding tert-OH is 4. The molecule has 162 valence electrons. The number of aliphatic hydroxyl groups is 4. The van der Waals surface area contributed by atoms with Crippen molar-refractivity contribution in [2.24, 2.45) is 46.3 Å². The van der Waals surface area contributed by atoms with Gasteiger partial charge in [-0.05, 0) is 104 Å². The van der Waals surface area contributed by atoms with Crippen LogP contribution in [-0.4, -0.2) is 45.3 Å². The van der Waals surface area contributed by atoms with Crippen LogP contribution < -0.4 is 0 Å². The summed E-state index contributed by atoms with van der Waals surface area (Å²) in [6.45, 7) is 7.23. The lowest BCUT2D eigenvalue weighted by Gasteiger charge is -2.63. The molecule has 4 aliphatic rings. The molecule has 0 heterocycles. The van der Waals surface area contributed by atoms with Crippen molar-refractivity contribution in [1.82, 2.24) is 0 Å². The van der Waals surface area contributed by atoms with Gasteiger partial charge in [0, 0.05) is 6.61 Å². The lowest BCUT2D eigenvalue weighted by atomic mass is 9.43. The first kappa shape index (κ1) is 21.1. The fourth-order valence-electron chi connectivity index (χ4n) is 8.75. The molecule has 11 atom stereocenters. The van der Waals surface area contributed by atoms with E-state index in [1.54, 1.807) is 0 Å². The Kier molecular flexibility index (Phi) is 5.66. The van der Waals surface area contributed by atoms with E-state index in [0.29, 0.717) is 35.5 Å². The molecule has 0 spiro atoms. The number of hydrogen-bond donors (Lipinski definition) is 4. The summed E-state index contributed by atoms with van der Waals surface area (Å²) in [5, 5.41) is 42.2. The fourth-order valence-corrected chi connectivity index (χ4v) is 8.75. The monoisotopic (exact) mass is 394 g/mol. The molecular weight excluding hydrogens is 352 g/mol. The zero-order valence-electron chi connectivity index (χ0n) is 18.1. The van der Waals surface area contributed by atoms with Crippen molar-refractivity contribution in [3.8, 4) is 0 Å². The Hall–Kier alpha value is -0.160. The summed E-state index contributed by atoms with van der Waals surface area (Å²) >= 11 is 0. The molecular formula is C24H42O4. The summed E-state index contributed by atoms with van der Waals surface area (Å²) < 4.78 is 0. The van der Waals surface area contributed by atoms with Gasteiger partial charge >= 0.3 is 0 Å². The van der Waals surface area contributed by atoms with Crippen molar-refractivity contribution in [3.63, 3.8) is 0 Å². The van der Waals surface area contributed by atoms with Gasteiger partial charge in [-0.1, -0.05) is 20.8 Å². The molecule has 4 nitrogen and oxygen atoms in total. The minimum atomic E-state index is -0.308. The van der Waals surface area contributed by atoms with Gasteiger partial charge in [-0.3, -0.25) is 0 Å². The summed E-state index contributed by atoms with van der Waals surface area (Å²) in [6, 6.07) is 0. The van der Waals surface area contributed by atoms with Crippen LogP contribution >= 0.6 is 0 Å². The van der Waals surface area contributed by atoms with E-state index in [4.69, 9.17) is 0 Å². The minimum absolute atomic E-state index is 0.117. The molecule has 7 unspecified atom stereocenters. The van der Waals surface area contributed by atoms with E-state index in [1.807, 2.05) is 0 Å². The molecule has 0 bridgehead atoms. The molecule has 0 aromatic rings. The highest BCUT2D eigenvalue weighted by atomic mass is 16.3. The molecule has 4 N–H and O–H groups in total. The average molecular weight is 395 g/mol. The molecule has 4 fully saturated rings. The third-order valence-corrected chi connectivity index (χ3v) is 10.3. The lowest BCUT2D eigenvalue weighted by Crippen LogP contribution is -2.62. The van der Waals surface area contributed by atoms with Crippen LogP contribution in [0.15, 0.2) is 0 Å². The number of rotatable bonds is 4. The van der Waals surface area contributed by atoms with E-state index in [9.17, 15) is 20.4 Å². The Morgan fingerprint density at radius 2 is 1.71 bits per heavy atom. The van der Waals surface area contributed by atoms with Crippen LogP contribution in [0.25, 0.3) is 0 Å². The molecule has 0 amide bonds. The van der Waals surface area contributed by atoms with E-state index < -0.39 is 0 Å². The Morgan fingerprint density at radius 1 is 0.964 bits per heavy atom. The first-order chi connectivity index (χ1) is 13.2. The normalized spacial score (nSPS) is 54.5. The summed E-state index contributed by atoms with van der Waals surface area (Å²) in [5.41, 5.74) is 0.0282. The Morgan fingerprint density at radius 3 is 2.43 bits per heavy atom. The third-order valence-electron chi connectivity index (χ3n) is 10.3. The van der Waals surface area contributed by atoms with Gasteiger partial charge in [0.15, 0.2) is 0 Å². The standard InChI is InChI=1S/C24H42O4/c1-14(5-4-10-25)17-6-7-18-22-19(13-21(28)24(17,18)3)23(2)9-8-16(26)11-15(23)12-20(22)27/h14-22,25-28H,4-13H2,1-3H3/t14?,15-,16-,17?,18?,19?,20-,21+,22?,23?,24?/m0/s1. The molecule has 0 radical (unpaired) electrons. The number of fused-ring (bicyclic) bond motifs is 5. The van der Waals surface area contributed by atoms with Gasteiger partial charge < -0.3 is 20.4 Å². The van der Waals surface area contributed by atoms with Crippen LogP contribution in [0.1, 0.15) is 78.6 Å². The second kappa shape index (κ2) is 7.51. The average Bonchev–Trinajstić information content (AvgIpc) is 3.01. The molecule has 4 aliphatic carbocycles. The maximum absolute atomic E-state index is 11.5. The molecule has 4 rings (SSSR count). The smallest absolute Gasteiger partial charge is 0.0602 e. The summed E-state index contributed by atoms with van der Waals surface area (Å²) in [4.78, 5) is 0. The molecule has 0 aliphatic heterocycles. The Bertz CT molecular complexity index is 567. The molecule has 28 heavy (non-hydrogen) atoms. The van der Waals surface area contributed by atoms with Crippen molar-refractivity contribution >= 4 is 0 Å². The van der Waals surface area contributed by atoms with E-state index in [-0.39, 0.29) is 35.7 Å². The minimum Gasteiger partial charge on any atom is -0.396 e. The van der Waals surface area contributed by atoms with Crippen molar-refractivity contribution in [2.45, 2.75) is 96.9 Å². The van der Waals surface area contributed by atoms with Gasteiger partial charge in [0.2, 0.25) is 0 Å². The zero-order chi connectivity index (χ0) is 20.3. The predicted octanol–water partition coefficient (Wildman–Crippen LogP) is 3.36. The van der Waals surface area contributed by atoms with E-state index >= 15 is 0 Å². The largest absolute Gasteiger partial charge is 0.396 e. The summed E-state index contributed by atoms with van der Waals surface area (Å²) in [6.07, 6.45) is 7.62. The maximum Gasteiger partial charge on any atom is 0.0602 e. The molecule has 0 aromatic carbocycles. The van der Waals surface area contributed by atoms with Crippen LogP contribution in [0.4, 0.5) is 0 Å². The zero-order valence-corrected chi connectivity index (χ0v) is 18.1. The second-order valence-electron chi connectivity index (χ2n) is 11.4. The Labute approximate surface area is 170 Å². The highest BCUT2D eigenvalue weighted by molar-refractivity contribution is 5.14. The van der Waals surface area contributed by atoms with Gasteiger partial charge in [0.1, 0.15) is 0 Å². The van der Waals surface area contributed by atoms with Crippen molar-refractivity contribution < 1.29 is 20.4 Å². The quantitative estimate of drug-likeness (QED) is 0.589. The van der Waals surface area contributed by atoms with Gasteiger partial charge in [-0.25, -0.2) is 0 Å².